The Morgan fingerprint density at radius 3 is 2.93 bits per heavy atom. The van der Waals surface area contributed by atoms with Gasteiger partial charge in [-0.05, 0) is 37.9 Å². The van der Waals surface area contributed by atoms with Gasteiger partial charge in [0, 0.05) is 51.9 Å². The van der Waals surface area contributed by atoms with E-state index in [1.807, 2.05) is 24.3 Å². The van der Waals surface area contributed by atoms with Crippen molar-refractivity contribution < 1.29 is 9.21 Å². The molecule has 0 unspecified atom stereocenters. The maximum atomic E-state index is 12.7. The summed E-state index contributed by atoms with van der Waals surface area (Å²) in [6.07, 6.45) is 6.71. The zero-order chi connectivity index (χ0) is 19.1. The monoisotopic (exact) mass is 383 g/mol. The van der Waals surface area contributed by atoms with Gasteiger partial charge in [0.25, 0.3) is 0 Å². The summed E-state index contributed by atoms with van der Waals surface area (Å²) in [5.74, 6) is 0.347. The molecule has 0 aliphatic carbocycles. The van der Waals surface area contributed by atoms with Gasteiger partial charge < -0.3 is 9.32 Å². The number of carbonyl (C=O) groups excluding carboxylic acids is 1. The Bertz CT molecular complexity index is 845. The number of hydrogen-bond donors (Lipinski definition) is 0. The zero-order valence-corrected chi connectivity index (χ0v) is 16.6. The Morgan fingerprint density at radius 2 is 2.07 bits per heavy atom. The van der Waals surface area contributed by atoms with E-state index in [-0.39, 0.29) is 5.41 Å². The minimum atomic E-state index is -0.145. The van der Waals surface area contributed by atoms with E-state index in [1.165, 1.54) is 11.3 Å². The lowest BCUT2D eigenvalue weighted by Gasteiger charge is -2.37. The fraction of sp³-hybridized carbons (Fsp3) is 0.619. The molecule has 0 saturated carbocycles. The Hall–Kier alpha value is -2.12. The van der Waals surface area contributed by atoms with Crippen LogP contribution in [0, 0.1) is 5.41 Å². The van der Waals surface area contributed by atoms with Gasteiger partial charge in [0.1, 0.15) is 0 Å². The molecule has 2 saturated heterocycles. The Morgan fingerprint density at radius 1 is 1.14 bits per heavy atom. The van der Waals surface area contributed by atoms with Crippen LogP contribution < -0.4 is 0 Å². The van der Waals surface area contributed by atoms with Crippen LogP contribution in [-0.2, 0) is 31.0 Å². The molecule has 1 spiro atoms. The number of piperidine rings is 1. The number of fused-ring (bicyclic) bond motifs is 1. The van der Waals surface area contributed by atoms with Crippen molar-refractivity contribution in [3.63, 3.8) is 0 Å². The molecule has 0 bridgehead atoms. The molecule has 2 aromatic rings. The second kappa shape index (κ2) is 7.04. The van der Waals surface area contributed by atoms with Crippen LogP contribution in [0.4, 0.5) is 0 Å². The molecule has 0 radical (unpaired) electrons. The van der Waals surface area contributed by atoms with Crippen LogP contribution in [-0.4, -0.2) is 63.6 Å². The van der Waals surface area contributed by atoms with Crippen LogP contribution in [0.5, 0.6) is 0 Å². The topological polar surface area (TPSA) is 57.8 Å². The van der Waals surface area contributed by atoms with Gasteiger partial charge in [0.15, 0.2) is 0 Å². The highest BCUT2D eigenvalue weighted by Crippen LogP contribution is 2.40. The number of furan rings is 1. The number of amides is 1. The Balaban J connectivity index is 1.22. The van der Waals surface area contributed by atoms with Crippen molar-refractivity contribution in [3.8, 4) is 0 Å². The van der Waals surface area contributed by atoms with Crippen molar-refractivity contribution in [2.24, 2.45) is 5.41 Å². The summed E-state index contributed by atoms with van der Waals surface area (Å²) in [4.78, 5) is 19.5. The fourth-order valence-electron chi connectivity index (χ4n) is 5.20. The average Bonchev–Trinajstić information content (AvgIpc) is 3.41. The van der Waals surface area contributed by atoms with Gasteiger partial charge >= 0.3 is 0 Å². The number of nitrogens with zero attached hydrogens (tertiary/aromatic N) is 5. The molecular weight excluding hydrogens is 354 g/mol. The number of carbonyl (C=O) groups is 1. The summed E-state index contributed by atoms with van der Waals surface area (Å²) in [6, 6.07) is 4.28. The summed E-state index contributed by atoms with van der Waals surface area (Å²) in [6.45, 7) is 7.41. The van der Waals surface area contributed by atoms with E-state index in [2.05, 4.69) is 20.5 Å². The lowest BCUT2D eigenvalue weighted by atomic mass is 9.78. The predicted molar refractivity (Wildman–Crippen MR) is 104 cm³/mol. The zero-order valence-electron chi connectivity index (χ0n) is 16.6. The second-order valence-electron chi connectivity index (χ2n) is 8.76. The van der Waals surface area contributed by atoms with E-state index in [4.69, 9.17) is 9.52 Å². The molecule has 1 amide bonds. The molecule has 5 rings (SSSR count). The molecule has 5 heterocycles. The molecule has 0 N–H and O–H groups in total. The van der Waals surface area contributed by atoms with Gasteiger partial charge in [-0.25, -0.2) is 0 Å². The third kappa shape index (κ3) is 3.26. The van der Waals surface area contributed by atoms with E-state index in [0.29, 0.717) is 5.91 Å². The van der Waals surface area contributed by atoms with E-state index in [1.54, 1.807) is 6.26 Å². The third-order valence-electron chi connectivity index (χ3n) is 6.68. The van der Waals surface area contributed by atoms with Crippen LogP contribution in [0.1, 0.15) is 36.2 Å². The Kier molecular flexibility index (Phi) is 4.51. The minimum absolute atomic E-state index is 0.145. The van der Waals surface area contributed by atoms with Crippen molar-refractivity contribution in [2.45, 2.75) is 45.4 Å². The predicted octanol–water partition coefficient (Wildman–Crippen LogP) is 1.94. The van der Waals surface area contributed by atoms with Crippen LogP contribution in [0.25, 0.3) is 0 Å². The summed E-state index contributed by atoms with van der Waals surface area (Å²) < 4.78 is 7.35. The SMILES string of the molecule is CN1CCC[C@]2(CCN(Cc3cc4n(n3)CCN(Cc3ccoc3)C4)C2)C1=O. The summed E-state index contributed by atoms with van der Waals surface area (Å²) >= 11 is 0. The van der Waals surface area contributed by atoms with Crippen LogP contribution >= 0.6 is 0 Å². The highest BCUT2D eigenvalue weighted by atomic mass is 16.3. The highest BCUT2D eigenvalue weighted by molar-refractivity contribution is 5.83. The van der Waals surface area contributed by atoms with Crippen molar-refractivity contribution in [1.29, 1.82) is 0 Å². The first kappa shape index (κ1) is 17.9. The van der Waals surface area contributed by atoms with Crippen molar-refractivity contribution >= 4 is 5.91 Å². The molecule has 7 nitrogen and oxygen atoms in total. The number of likely N-dealkylation sites (tertiary alicyclic amines) is 2. The molecule has 3 aliphatic heterocycles. The molecule has 1 atom stereocenters. The first-order valence-electron chi connectivity index (χ1n) is 10.4. The van der Waals surface area contributed by atoms with E-state index in [0.717, 1.165) is 77.3 Å². The maximum Gasteiger partial charge on any atom is 0.229 e. The van der Waals surface area contributed by atoms with Crippen LogP contribution in [0.3, 0.4) is 0 Å². The maximum absolute atomic E-state index is 12.7. The van der Waals surface area contributed by atoms with Gasteiger partial charge in [0.2, 0.25) is 5.91 Å². The van der Waals surface area contributed by atoms with Gasteiger partial charge in [-0.3, -0.25) is 19.3 Å². The molecule has 3 aliphatic rings. The molecular formula is C21H29N5O2. The van der Waals surface area contributed by atoms with E-state index >= 15 is 0 Å². The average molecular weight is 383 g/mol. The first-order valence-corrected chi connectivity index (χ1v) is 10.4. The van der Waals surface area contributed by atoms with E-state index in [9.17, 15) is 4.79 Å². The molecule has 0 aromatic carbocycles. The van der Waals surface area contributed by atoms with Gasteiger partial charge in [-0.2, -0.15) is 5.10 Å². The number of hydrogen-bond acceptors (Lipinski definition) is 5. The molecule has 2 fully saturated rings. The molecule has 150 valence electrons. The van der Waals surface area contributed by atoms with E-state index < -0.39 is 0 Å². The second-order valence-corrected chi connectivity index (χ2v) is 8.76. The standard InChI is InChI=1S/C21H29N5O2/c1-23-6-2-4-21(20(23)27)5-7-25(16-21)13-18-11-19-14-24(8-9-26(19)22-18)12-17-3-10-28-15-17/h3,10-11,15H,2,4-9,12-14,16H2,1H3/t21-/m1/s1. The Labute approximate surface area is 165 Å². The largest absolute Gasteiger partial charge is 0.472 e. The highest BCUT2D eigenvalue weighted by Gasteiger charge is 2.47. The smallest absolute Gasteiger partial charge is 0.229 e. The third-order valence-corrected chi connectivity index (χ3v) is 6.68. The molecule has 28 heavy (non-hydrogen) atoms. The van der Waals surface area contributed by atoms with Gasteiger partial charge in [0.05, 0.1) is 35.9 Å². The van der Waals surface area contributed by atoms with Crippen molar-refractivity contribution in [2.75, 3.05) is 33.2 Å². The first-order chi connectivity index (χ1) is 13.6. The van der Waals surface area contributed by atoms with Crippen molar-refractivity contribution in [1.82, 2.24) is 24.5 Å². The van der Waals surface area contributed by atoms with Crippen LogP contribution in [0.15, 0.2) is 29.1 Å². The normalized spacial score (nSPS) is 26.3. The van der Waals surface area contributed by atoms with Gasteiger partial charge in [-0.15, -0.1) is 0 Å². The summed E-state index contributed by atoms with van der Waals surface area (Å²) in [5, 5.41) is 4.85. The van der Waals surface area contributed by atoms with Crippen LogP contribution in [0.2, 0.25) is 0 Å². The summed E-state index contributed by atoms with van der Waals surface area (Å²) in [7, 11) is 1.95. The fourth-order valence-corrected chi connectivity index (χ4v) is 5.20. The quantitative estimate of drug-likeness (QED) is 0.808. The lowest BCUT2D eigenvalue weighted by molar-refractivity contribution is -0.143. The van der Waals surface area contributed by atoms with Crippen molar-refractivity contribution in [3.05, 3.63) is 41.6 Å². The number of rotatable bonds is 4. The minimum Gasteiger partial charge on any atom is -0.472 e. The molecule has 7 heteroatoms. The summed E-state index contributed by atoms with van der Waals surface area (Å²) in [5.41, 5.74) is 3.49. The lowest BCUT2D eigenvalue weighted by Crippen LogP contribution is -2.48. The molecule has 2 aromatic heterocycles. The van der Waals surface area contributed by atoms with Gasteiger partial charge in [-0.1, -0.05) is 0 Å². The number of aromatic nitrogens is 2.